The molecule has 4 N–H and O–H groups in total. The number of fused-ring (bicyclic) bond motifs is 1. The van der Waals surface area contributed by atoms with Crippen LogP contribution in [0.5, 0.6) is 0 Å². The predicted molar refractivity (Wildman–Crippen MR) is 296 cm³/mol. The molecule has 0 saturated carbocycles. The van der Waals surface area contributed by atoms with Crippen LogP contribution in [0.15, 0.2) is 262 Å². The van der Waals surface area contributed by atoms with Gasteiger partial charge in [0.2, 0.25) is 0 Å². The van der Waals surface area contributed by atoms with Gasteiger partial charge in [-0.05, 0) is 126 Å². The molecule has 0 aliphatic heterocycles. The molecule has 0 aromatic heterocycles. The summed E-state index contributed by atoms with van der Waals surface area (Å²) in [5.74, 6) is 0.584. The molecule has 7 rings (SSSR count). The lowest BCUT2D eigenvalue weighted by atomic mass is 9.64. The van der Waals surface area contributed by atoms with Crippen LogP contribution >= 0.6 is 0 Å². The number of benzene rings is 5. The minimum Gasteiger partial charge on any atom is -0.404 e. The van der Waals surface area contributed by atoms with E-state index in [1.807, 2.05) is 62.4 Å². The summed E-state index contributed by atoms with van der Waals surface area (Å²) in [5.41, 5.74) is 25.9. The van der Waals surface area contributed by atoms with Crippen LogP contribution in [-0.2, 0) is 5.41 Å². The predicted octanol–water partition coefficient (Wildman–Crippen LogP) is 17.2. The molecule has 2 aliphatic rings. The van der Waals surface area contributed by atoms with Crippen LogP contribution in [0.4, 0.5) is 5.69 Å². The summed E-state index contributed by atoms with van der Waals surface area (Å²) in [7, 11) is 0. The highest BCUT2D eigenvalue weighted by molar-refractivity contribution is 5.84. The van der Waals surface area contributed by atoms with Crippen molar-refractivity contribution in [2.75, 3.05) is 5.73 Å². The third kappa shape index (κ3) is 14.4. The van der Waals surface area contributed by atoms with Crippen molar-refractivity contribution < 1.29 is 0 Å². The second kappa shape index (κ2) is 27.6. The highest BCUT2D eigenvalue weighted by Crippen LogP contribution is 2.51. The van der Waals surface area contributed by atoms with Crippen molar-refractivity contribution in [2.24, 2.45) is 11.7 Å². The van der Waals surface area contributed by atoms with Gasteiger partial charge in [0, 0.05) is 11.9 Å². The molecular formula is C65H68N2. The third-order valence-electron chi connectivity index (χ3n) is 11.7. The first-order chi connectivity index (χ1) is 32.9. The number of rotatable bonds is 14. The van der Waals surface area contributed by atoms with Crippen LogP contribution in [0.25, 0.3) is 33.9 Å². The van der Waals surface area contributed by atoms with Crippen LogP contribution in [-0.4, -0.2) is 0 Å². The average Bonchev–Trinajstić information content (AvgIpc) is 3.53. The second-order valence-electron chi connectivity index (χ2n) is 16.3. The van der Waals surface area contributed by atoms with E-state index in [0.29, 0.717) is 12.3 Å². The van der Waals surface area contributed by atoms with Crippen LogP contribution in [0.2, 0.25) is 0 Å². The molecule has 0 amide bonds. The Labute approximate surface area is 402 Å². The van der Waals surface area contributed by atoms with Crippen molar-refractivity contribution >= 4 is 17.3 Å². The summed E-state index contributed by atoms with van der Waals surface area (Å²) in [4.78, 5) is 0. The van der Waals surface area contributed by atoms with Crippen molar-refractivity contribution in [3.63, 3.8) is 0 Å². The van der Waals surface area contributed by atoms with Gasteiger partial charge in [-0.3, -0.25) is 0 Å². The van der Waals surface area contributed by atoms with Crippen molar-refractivity contribution in [2.45, 2.75) is 51.9 Å². The molecule has 0 spiro atoms. The Balaban J connectivity index is 0.000000314. The number of anilines is 1. The largest absolute Gasteiger partial charge is 0.404 e. The van der Waals surface area contributed by atoms with E-state index in [1.54, 1.807) is 18.4 Å². The van der Waals surface area contributed by atoms with Crippen LogP contribution in [0.1, 0.15) is 72.9 Å². The van der Waals surface area contributed by atoms with Gasteiger partial charge in [0.1, 0.15) is 0 Å². The lowest BCUT2D eigenvalue weighted by Crippen LogP contribution is -2.31. The van der Waals surface area contributed by atoms with E-state index >= 15 is 0 Å². The second-order valence-corrected chi connectivity index (χ2v) is 16.3. The molecule has 0 radical (unpaired) electrons. The molecule has 0 heterocycles. The summed E-state index contributed by atoms with van der Waals surface area (Å²) in [6, 6.07) is 41.2. The fourth-order valence-corrected chi connectivity index (χ4v) is 8.27. The van der Waals surface area contributed by atoms with Crippen LogP contribution in [0, 0.1) is 12.8 Å². The first kappa shape index (κ1) is 50.3. The molecule has 2 atom stereocenters. The summed E-state index contributed by atoms with van der Waals surface area (Å²) >= 11 is 0. The molecule has 0 saturated heterocycles. The fourth-order valence-electron chi connectivity index (χ4n) is 8.27. The topological polar surface area (TPSA) is 52.0 Å². The molecule has 0 fully saturated rings. The standard InChI is InChI=1S/C43H38N2.C13H16.C9H14/c1-3-4-5-6-13-33-14-7-8-18-39(33)43(40-19-9-10-20-42(40)45)27-12-17-37(30-44)38-26-25-36(29-41(38)43)35-16-11-15-34(28-35)32-23-21-31(2)22-24-32;1-2-3-4-5-7-10-13-11-8-6-9-12-13;1-3-5-7-9-8-6-4-2/h3-26,28-30H,1,27,44-45H2,2H3;2-11,13H,12H2,1H3;3-7H,1,8-9H2,2H3/b5-4-,13-6-,37-30+;3-2-,5-4-,10-7-;6-4+,7-5+. The number of nitrogen functional groups attached to an aromatic ring is 1. The Kier molecular flexibility index (Phi) is 20.7. The molecule has 5 aromatic rings. The SMILES string of the molecule is C=C/C=C/CC/C=C/C.C=C/C=C\C=C/c1ccccc1C1(c2ccccc2N)CC=C/C(=C\N)c2ccc(-c3cccc(-c4ccc(C)cc4)c3)cc21.C\C=C/C=C\C=C/C1C=CC=CC1. The average molecular weight is 877 g/mol. The minimum absolute atomic E-state index is 0.584. The summed E-state index contributed by atoms with van der Waals surface area (Å²) < 4.78 is 0. The van der Waals surface area contributed by atoms with E-state index in [2.05, 4.69) is 208 Å². The number of hydrogen-bond acceptors (Lipinski definition) is 2. The van der Waals surface area contributed by atoms with E-state index in [9.17, 15) is 0 Å². The Morgan fingerprint density at radius 2 is 1.30 bits per heavy atom. The molecule has 67 heavy (non-hydrogen) atoms. The molecule has 2 heteroatoms. The molecule has 5 aromatic carbocycles. The lowest BCUT2D eigenvalue weighted by Gasteiger charge is -2.38. The maximum Gasteiger partial charge on any atom is 0.0518 e. The fraction of sp³-hybridized carbons (Fsp3) is 0.138. The number of nitrogens with two attached hydrogens (primary N) is 2. The first-order valence-corrected chi connectivity index (χ1v) is 23.4. The lowest BCUT2D eigenvalue weighted by molar-refractivity contribution is 0.630. The number of unbranched alkanes of at least 4 members (excludes halogenated alkanes) is 1. The monoisotopic (exact) mass is 877 g/mol. The first-order valence-electron chi connectivity index (χ1n) is 23.4. The Morgan fingerprint density at radius 1 is 0.612 bits per heavy atom. The van der Waals surface area contributed by atoms with Gasteiger partial charge in [0.25, 0.3) is 0 Å². The zero-order valence-electron chi connectivity index (χ0n) is 39.7. The molecule has 2 aliphatic carbocycles. The quantitative estimate of drug-likeness (QED) is 0.0505. The molecular weight excluding hydrogens is 809 g/mol. The number of para-hydroxylation sites is 1. The molecule has 2 unspecified atom stereocenters. The number of aryl methyl sites for hydroxylation is 1. The van der Waals surface area contributed by atoms with E-state index in [0.717, 1.165) is 58.3 Å². The highest BCUT2D eigenvalue weighted by atomic mass is 14.6. The van der Waals surface area contributed by atoms with E-state index in [4.69, 9.17) is 11.5 Å². The number of allylic oxidation sites excluding steroid dienone is 22. The van der Waals surface area contributed by atoms with Gasteiger partial charge in [-0.15, -0.1) is 0 Å². The normalized spacial score (nSPS) is 17.4. The zero-order valence-corrected chi connectivity index (χ0v) is 39.7. The third-order valence-corrected chi connectivity index (χ3v) is 11.7. The van der Waals surface area contributed by atoms with Gasteiger partial charge in [0.05, 0.1) is 5.41 Å². The van der Waals surface area contributed by atoms with E-state index in [-0.39, 0.29) is 0 Å². The maximum absolute atomic E-state index is 6.88. The number of hydrogen-bond donors (Lipinski definition) is 2. The molecule has 0 bridgehead atoms. The summed E-state index contributed by atoms with van der Waals surface area (Å²) in [6.45, 7) is 13.6. The molecule has 338 valence electrons. The van der Waals surface area contributed by atoms with Gasteiger partial charge in [-0.1, -0.05) is 249 Å². The van der Waals surface area contributed by atoms with Gasteiger partial charge in [0.15, 0.2) is 0 Å². The molecule has 2 nitrogen and oxygen atoms in total. The van der Waals surface area contributed by atoms with Crippen molar-refractivity contribution in [1.82, 2.24) is 0 Å². The van der Waals surface area contributed by atoms with Gasteiger partial charge in [-0.2, -0.15) is 0 Å². The smallest absolute Gasteiger partial charge is 0.0518 e. The maximum atomic E-state index is 6.88. The van der Waals surface area contributed by atoms with Gasteiger partial charge < -0.3 is 11.5 Å². The van der Waals surface area contributed by atoms with Gasteiger partial charge in [-0.25, -0.2) is 0 Å². The van der Waals surface area contributed by atoms with E-state index < -0.39 is 5.41 Å². The Morgan fingerprint density at radius 3 is 2.01 bits per heavy atom. The summed E-state index contributed by atoms with van der Waals surface area (Å²) in [5, 5.41) is 0. The zero-order chi connectivity index (χ0) is 47.5. The van der Waals surface area contributed by atoms with Crippen molar-refractivity contribution in [1.29, 1.82) is 0 Å². The highest BCUT2D eigenvalue weighted by Gasteiger charge is 2.41. The van der Waals surface area contributed by atoms with Crippen LogP contribution < -0.4 is 11.5 Å². The Hall–Kier alpha value is -7.68. The minimum atomic E-state index is -0.588. The van der Waals surface area contributed by atoms with Crippen molar-refractivity contribution in [3.8, 4) is 22.3 Å². The summed E-state index contributed by atoms with van der Waals surface area (Å²) in [6.07, 6.45) is 51.4. The Bertz CT molecular complexity index is 2720. The van der Waals surface area contributed by atoms with Crippen molar-refractivity contribution in [3.05, 3.63) is 296 Å². The van der Waals surface area contributed by atoms with Crippen LogP contribution in [0.3, 0.4) is 0 Å². The van der Waals surface area contributed by atoms with Gasteiger partial charge >= 0.3 is 0 Å². The van der Waals surface area contributed by atoms with E-state index in [1.165, 1.54) is 27.8 Å².